The van der Waals surface area contributed by atoms with Crippen molar-refractivity contribution in [2.24, 2.45) is 5.73 Å². The van der Waals surface area contributed by atoms with Crippen LogP contribution < -0.4 is 5.73 Å². The standard InChI is InChI=1S/C15H19N3O/c1-15(17,14(19)18-8-2-3-9-18)10-12-4-6-13(11-16)7-5-12/h4-7H,2-3,8-10,17H2,1H3. The van der Waals surface area contributed by atoms with Crippen molar-refractivity contribution in [1.29, 1.82) is 5.26 Å². The van der Waals surface area contributed by atoms with Crippen molar-refractivity contribution in [3.63, 3.8) is 0 Å². The molecule has 19 heavy (non-hydrogen) atoms. The summed E-state index contributed by atoms with van der Waals surface area (Å²) in [4.78, 5) is 14.2. The number of hydrogen-bond acceptors (Lipinski definition) is 3. The first-order valence-electron chi connectivity index (χ1n) is 6.60. The molecule has 0 aliphatic carbocycles. The van der Waals surface area contributed by atoms with Gasteiger partial charge in [-0.1, -0.05) is 12.1 Å². The Morgan fingerprint density at radius 1 is 1.37 bits per heavy atom. The second-order valence-electron chi connectivity index (χ2n) is 5.40. The first-order chi connectivity index (χ1) is 9.03. The van der Waals surface area contributed by atoms with Crippen LogP contribution in [0.2, 0.25) is 0 Å². The maximum Gasteiger partial charge on any atom is 0.242 e. The fourth-order valence-corrected chi connectivity index (χ4v) is 2.48. The monoisotopic (exact) mass is 257 g/mol. The number of amides is 1. The van der Waals surface area contributed by atoms with Crippen molar-refractivity contribution >= 4 is 5.91 Å². The lowest BCUT2D eigenvalue weighted by molar-refractivity contribution is -0.135. The Bertz CT molecular complexity index is 493. The lowest BCUT2D eigenvalue weighted by atomic mass is 9.92. The molecule has 1 atom stereocenters. The third kappa shape index (κ3) is 3.12. The number of rotatable bonds is 3. The highest BCUT2D eigenvalue weighted by molar-refractivity contribution is 5.86. The van der Waals surface area contributed by atoms with Gasteiger partial charge in [0.05, 0.1) is 17.2 Å². The van der Waals surface area contributed by atoms with Crippen LogP contribution in [-0.4, -0.2) is 29.4 Å². The average Bonchev–Trinajstić information content (AvgIpc) is 2.92. The predicted molar refractivity (Wildman–Crippen MR) is 73.3 cm³/mol. The van der Waals surface area contributed by atoms with Gasteiger partial charge >= 0.3 is 0 Å². The first-order valence-corrected chi connectivity index (χ1v) is 6.60. The van der Waals surface area contributed by atoms with E-state index in [4.69, 9.17) is 11.0 Å². The second kappa shape index (κ2) is 5.41. The molecule has 1 heterocycles. The highest BCUT2D eigenvalue weighted by atomic mass is 16.2. The normalized spacial score (nSPS) is 17.8. The first kappa shape index (κ1) is 13.6. The van der Waals surface area contributed by atoms with Crippen LogP contribution in [-0.2, 0) is 11.2 Å². The molecule has 1 amide bonds. The fraction of sp³-hybridized carbons (Fsp3) is 0.467. The molecule has 1 unspecified atom stereocenters. The predicted octanol–water partition coefficient (Wildman–Crippen LogP) is 1.44. The Hall–Kier alpha value is -1.86. The van der Waals surface area contributed by atoms with Crippen molar-refractivity contribution in [2.75, 3.05) is 13.1 Å². The third-order valence-electron chi connectivity index (χ3n) is 3.54. The molecule has 4 heteroatoms. The molecule has 1 saturated heterocycles. The molecule has 0 radical (unpaired) electrons. The summed E-state index contributed by atoms with van der Waals surface area (Å²) in [7, 11) is 0. The van der Waals surface area contributed by atoms with Crippen LogP contribution in [0.5, 0.6) is 0 Å². The number of nitrogens with two attached hydrogens (primary N) is 1. The van der Waals surface area contributed by atoms with Gasteiger partial charge < -0.3 is 10.6 Å². The Morgan fingerprint density at radius 2 is 1.95 bits per heavy atom. The largest absolute Gasteiger partial charge is 0.341 e. The fourth-order valence-electron chi connectivity index (χ4n) is 2.48. The summed E-state index contributed by atoms with van der Waals surface area (Å²) in [5.41, 5.74) is 6.91. The number of benzene rings is 1. The Balaban J connectivity index is 2.06. The maximum atomic E-state index is 12.3. The minimum Gasteiger partial charge on any atom is -0.341 e. The lowest BCUT2D eigenvalue weighted by Gasteiger charge is -2.29. The second-order valence-corrected chi connectivity index (χ2v) is 5.40. The maximum absolute atomic E-state index is 12.3. The topological polar surface area (TPSA) is 70.1 Å². The molecule has 1 aliphatic heterocycles. The van der Waals surface area contributed by atoms with Crippen molar-refractivity contribution in [2.45, 2.75) is 31.7 Å². The van der Waals surface area contributed by atoms with Crippen LogP contribution in [0.1, 0.15) is 30.9 Å². The summed E-state index contributed by atoms with van der Waals surface area (Å²) in [5.74, 6) is 0.0226. The lowest BCUT2D eigenvalue weighted by Crippen LogP contribution is -2.53. The molecule has 0 spiro atoms. The van der Waals surface area contributed by atoms with Crippen LogP contribution in [0.25, 0.3) is 0 Å². The zero-order chi connectivity index (χ0) is 13.9. The van der Waals surface area contributed by atoms with Crippen LogP contribution >= 0.6 is 0 Å². The molecular formula is C15H19N3O. The Kier molecular flexibility index (Phi) is 3.87. The van der Waals surface area contributed by atoms with Gasteiger partial charge in [0.15, 0.2) is 0 Å². The molecule has 2 N–H and O–H groups in total. The summed E-state index contributed by atoms with van der Waals surface area (Å²) in [6.07, 6.45) is 2.63. The summed E-state index contributed by atoms with van der Waals surface area (Å²) >= 11 is 0. The van der Waals surface area contributed by atoms with Gasteiger partial charge in [0.1, 0.15) is 0 Å². The molecule has 100 valence electrons. The van der Waals surface area contributed by atoms with Crippen LogP contribution in [0.4, 0.5) is 0 Å². The van der Waals surface area contributed by atoms with Gasteiger partial charge in [-0.05, 0) is 43.9 Å². The van der Waals surface area contributed by atoms with Crippen LogP contribution in [0.3, 0.4) is 0 Å². The van der Waals surface area contributed by atoms with Crippen molar-refractivity contribution in [1.82, 2.24) is 4.90 Å². The van der Waals surface area contributed by atoms with Crippen molar-refractivity contribution in [3.8, 4) is 6.07 Å². The minimum absolute atomic E-state index is 0.0226. The van der Waals surface area contributed by atoms with E-state index in [1.807, 2.05) is 17.0 Å². The van der Waals surface area contributed by atoms with Gasteiger partial charge in [0.25, 0.3) is 0 Å². The zero-order valence-corrected chi connectivity index (χ0v) is 11.2. The van der Waals surface area contributed by atoms with E-state index in [2.05, 4.69) is 6.07 Å². The van der Waals surface area contributed by atoms with E-state index in [0.29, 0.717) is 12.0 Å². The van der Waals surface area contributed by atoms with Gasteiger partial charge in [-0.25, -0.2) is 0 Å². The van der Waals surface area contributed by atoms with E-state index >= 15 is 0 Å². The van der Waals surface area contributed by atoms with Gasteiger partial charge in [0.2, 0.25) is 5.91 Å². The molecule has 4 nitrogen and oxygen atoms in total. The van der Waals surface area contributed by atoms with E-state index in [1.54, 1.807) is 19.1 Å². The molecule has 0 aromatic heterocycles. The molecule has 1 fully saturated rings. The van der Waals surface area contributed by atoms with Crippen LogP contribution in [0.15, 0.2) is 24.3 Å². The summed E-state index contributed by atoms with van der Waals surface area (Å²) in [5, 5.41) is 8.76. The molecular weight excluding hydrogens is 238 g/mol. The Morgan fingerprint density at radius 3 is 2.47 bits per heavy atom. The number of carbonyl (C=O) groups excluding carboxylic acids is 1. The van der Waals surface area contributed by atoms with Gasteiger partial charge in [-0.2, -0.15) is 5.26 Å². The minimum atomic E-state index is -0.876. The van der Waals surface area contributed by atoms with E-state index in [1.165, 1.54) is 0 Å². The SMILES string of the molecule is CC(N)(Cc1ccc(C#N)cc1)C(=O)N1CCCC1. The molecule has 2 rings (SSSR count). The highest BCUT2D eigenvalue weighted by Gasteiger charge is 2.33. The zero-order valence-electron chi connectivity index (χ0n) is 11.2. The van der Waals surface area contributed by atoms with Crippen molar-refractivity contribution < 1.29 is 4.79 Å². The molecule has 1 aromatic carbocycles. The van der Waals surface area contributed by atoms with E-state index in [9.17, 15) is 4.79 Å². The van der Waals surface area contributed by atoms with E-state index < -0.39 is 5.54 Å². The van der Waals surface area contributed by atoms with E-state index in [0.717, 1.165) is 31.5 Å². The quantitative estimate of drug-likeness (QED) is 0.890. The van der Waals surface area contributed by atoms with Gasteiger partial charge in [0, 0.05) is 13.1 Å². The van der Waals surface area contributed by atoms with E-state index in [-0.39, 0.29) is 5.91 Å². The van der Waals surface area contributed by atoms with Crippen LogP contribution in [0, 0.1) is 11.3 Å². The highest BCUT2D eigenvalue weighted by Crippen LogP contribution is 2.18. The molecule has 0 bridgehead atoms. The van der Waals surface area contributed by atoms with Crippen molar-refractivity contribution in [3.05, 3.63) is 35.4 Å². The number of nitrogens with zero attached hydrogens (tertiary/aromatic N) is 2. The molecule has 0 saturated carbocycles. The number of likely N-dealkylation sites (tertiary alicyclic amines) is 1. The summed E-state index contributed by atoms with van der Waals surface area (Å²) in [6, 6.07) is 9.31. The summed E-state index contributed by atoms with van der Waals surface area (Å²) < 4.78 is 0. The number of carbonyl (C=O) groups is 1. The Labute approximate surface area is 113 Å². The number of nitriles is 1. The summed E-state index contributed by atoms with van der Waals surface area (Å²) in [6.45, 7) is 3.42. The third-order valence-corrected chi connectivity index (χ3v) is 3.54. The molecule has 1 aliphatic rings. The molecule has 1 aromatic rings. The smallest absolute Gasteiger partial charge is 0.242 e. The number of hydrogen-bond donors (Lipinski definition) is 1. The average molecular weight is 257 g/mol. The van der Waals surface area contributed by atoms with Gasteiger partial charge in [-0.3, -0.25) is 4.79 Å². The van der Waals surface area contributed by atoms with Gasteiger partial charge in [-0.15, -0.1) is 0 Å².